The van der Waals surface area contributed by atoms with Crippen LogP contribution in [0.15, 0.2) is 18.2 Å². The Morgan fingerprint density at radius 3 is 1.96 bits per heavy atom. The Morgan fingerprint density at radius 1 is 0.957 bits per heavy atom. The van der Waals surface area contributed by atoms with Gasteiger partial charge < -0.3 is 4.57 Å². The minimum atomic E-state index is -0.341. The van der Waals surface area contributed by atoms with E-state index in [0.29, 0.717) is 5.56 Å². The molecule has 0 unspecified atom stereocenters. The minimum absolute atomic E-state index is 0.128. The molecule has 3 aromatic rings. The SMILES string of the molecule is Cc1ccc(-n2c(C)c3c(C)nnc(C)c3c2C)cc1[N+](=O)[O-]. The molecule has 0 atom stereocenters. The average molecular weight is 310 g/mol. The normalized spacial score (nSPS) is 11.2. The second kappa shape index (κ2) is 5.15. The van der Waals surface area contributed by atoms with Crippen LogP contribution in [0.1, 0.15) is 28.3 Å². The van der Waals surface area contributed by atoms with Crippen molar-refractivity contribution in [1.82, 2.24) is 14.8 Å². The van der Waals surface area contributed by atoms with Crippen LogP contribution in [0.3, 0.4) is 0 Å². The van der Waals surface area contributed by atoms with Gasteiger partial charge in [0.05, 0.1) is 22.0 Å². The van der Waals surface area contributed by atoms with Gasteiger partial charge in [-0.3, -0.25) is 10.1 Å². The van der Waals surface area contributed by atoms with E-state index in [4.69, 9.17) is 0 Å². The van der Waals surface area contributed by atoms with Crippen LogP contribution in [0.5, 0.6) is 0 Å². The summed E-state index contributed by atoms with van der Waals surface area (Å²) in [6.45, 7) is 9.63. The molecular formula is C17H18N4O2. The lowest BCUT2D eigenvalue weighted by molar-refractivity contribution is -0.385. The lowest BCUT2D eigenvalue weighted by atomic mass is 10.1. The molecule has 0 aliphatic carbocycles. The van der Waals surface area contributed by atoms with Crippen molar-refractivity contribution < 1.29 is 4.92 Å². The van der Waals surface area contributed by atoms with Gasteiger partial charge in [0.2, 0.25) is 0 Å². The molecular weight excluding hydrogens is 292 g/mol. The Morgan fingerprint density at radius 2 is 1.48 bits per heavy atom. The second-order valence-corrected chi connectivity index (χ2v) is 5.85. The molecule has 1 aromatic carbocycles. The average Bonchev–Trinajstić information content (AvgIpc) is 2.76. The fourth-order valence-corrected chi connectivity index (χ4v) is 3.29. The molecule has 0 aliphatic heterocycles. The van der Waals surface area contributed by atoms with Crippen LogP contribution in [-0.4, -0.2) is 19.7 Å². The summed E-state index contributed by atoms with van der Waals surface area (Å²) in [7, 11) is 0. The van der Waals surface area contributed by atoms with Crippen molar-refractivity contribution in [2.75, 3.05) is 0 Å². The molecule has 0 spiro atoms. The maximum atomic E-state index is 11.2. The first-order valence-corrected chi connectivity index (χ1v) is 7.39. The summed E-state index contributed by atoms with van der Waals surface area (Å²) in [4.78, 5) is 10.9. The number of rotatable bonds is 2. The van der Waals surface area contributed by atoms with E-state index < -0.39 is 0 Å². The van der Waals surface area contributed by atoms with Crippen molar-refractivity contribution in [2.24, 2.45) is 0 Å². The number of nitrogens with zero attached hydrogens (tertiary/aromatic N) is 4. The number of nitro groups is 1. The summed E-state index contributed by atoms with van der Waals surface area (Å²) >= 11 is 0. The fraction of sp³-hybridized carbons (Fsp3) is 0.294. The van der Waals surface area contributed by atoms with Gasteiger partial charge in [-0.2, -0.15) is 10.2 Å². The first-order chi connectivity index (χ1) is 10.8. The number of nitro benzene ring substituents is 1. The number of hydrogen-bond acceptors (Lipinski definition) is 4. The van der Waals surface area contributed by atoms with E-state index in [0.717, 1.165) is 39.2 Å². The maximum Gasteiger partial charge on any atom is 0.274 e. The molecule has 0 fully saturated rings. The molecule has 2 heterocycles. The van der Waals surface area contributed by atoms with Crippen molar-refractivity contribution in [2.45, 2.75) is 34.6 Å². The zero-order chi connectivity index (χ0) is 16.9. The molecule has 6 heteroatoms. The Balaban J connectivity index is 2.38. The fourth-order valence-electron chi connectivity index (χ4n) is 3.29. The van der Waals surface area contributed by atoms with Gasteiger partial charge >= 0.3 is 0 Å². The first-order valence-electron chi connectivity index (χ1n) is 7.39. The van der Waals surface area contributed by atoms with E-state index in [1.54, 1.807) is 19.1 Å². The molecule has 118 valence electrons. The van der Waals surface area contributed by atoms with Crippen LogP contribution in [0.25, 0.3) is 16.5 Å². The van der Waals surface area contributed by atoms with Gasteiger partial charge in [0, 0.05) is 33.8 Å². The Hall–Kier alpha value is -2.76. The Bertz CT molecular complexity index is 912. The third-order valence-electron chi connectivity index (χ3n) is 4.37. The number of fused-ring (bicyclic) bond motifs is 1. The summed E-state index contributed by atoms with van der Waals surface area (Å²) in [5.41, 5.74) is 5.34. The molecule has 0 bridgehead atoms. The molecule has 0 saturated heterocycles. The first kappa shape index (κ1) is 15.1. The monoisotopic (exact) mass is 310 g/mol. The van der Waals surface area contributed by atoms with E-state index in [1.165, 1.54) is 0 Å². The third-order valence-corrected chi connectivity index (χ3v) is 4.37. The molecule has 0 aliphatic rings. The highest BCUT2D eigenvalue weighted by atomic mass is 16.6. The van der Waals surface area contributed by atoms with E-state index in [9.17, 15) is 10.1 Å². The summed E-state index contributed by atoms with van der Waals surface area (Å²) in [5.74, 6) is 0. The molecule has 0 N–H and O–H groups in total. The third kappa shape index (κ3) is 2.18. The zero-order valence-electron chi connectivity index (χ0n) is 13.8. The van der Waals surface area contributed by atoms with Crippen molar-refractivity contribution in [3.63, 3.8) is 0 Å². The predicted molar refractivity (Wildman–Crippen MR) is 89.2 cm³/mol. The maximum absolute atomic E-state index is 11.2. The molecule has 3 rings (SSSR count). The Kier molecular flexibility index (Phi) is 3.39. The Labute approximate surface area is 133 Å². The minimum Gasteiger partial charge on any atom is -0.317 e. The summed E-state index contributed by atoms with van der Waals surface area (Å²) in [6, 6.07) is 5.32. The van der Waals surface area contributed by atoms with E-state index in [2.05, 4.69) is 10.2 Å². The largest absolute Gasteiger partial charge is 0.317 e. The van der Waals surface area contributed by atoms with Gasteiger partial charge in [0.1, 0.15) is 0 Å². The van der Waals surface area contributed by atoms with E-state index in [1.807, 2.05) is 38.3 Å². The molecule has 23 heavy (non-hydrogen) atoms. The van der Waals surface area contributed by atoms with Crippen molar-refractivity contribution in [3.05, 3.63) is 56.7 Å². The number of aryl methyl sites for hydroxylation is 5. The summed E-state index contributed by atoms with van der Waals surface area (Å²) in [5, 5.41) is 21.8. The summed E-state index contributed by atoms with van der Waals surface area (Å²) in [6.07, 6.45) is 0. The summed E-state index contributed by atoms with van der Waals surface area (Å²) < 4.78 is 2.04. The van der Waals surface area contributed by atoms with Crippen LogP contribution in [0.2, 0.25) is 0 Å². The van der Waals surface area contributed by atoms with E-state index >= 15 is 0 Å². The lowest BCUT2D eigenvalue weighted by Crippen LogP contribution is -2.01. The smallest absolute Gasteiger partial charge is 0.274 e. The van der Waals surface area contributed by atoms with Crippen LogP contribution in [0.4, 0.5) is 5.69 Å². The quantitative estimate of drug-likeness (QED) is 0.532. The van der Waals surface area contributed by atoms with E-state index in [-0.39, 0.29) is 10.6 Å². The van der Waals surface area contributed by atoms with Crippen LogP contribution >= 0.6 is 0 Å². The van der Waals surface area contributed by atoms with Gasteiger partial charge in [0.25, 0.3) is 5.69 Å². The molecule has 0 saturated carbocycles. The van der Waals surface area contributed by atoms with Crippen LogP contribution in [0, 0.1) is 44.7 Å². The molecule has 6 nitrogen and oxygen atoms in total. The predicted octanol–water partition coefficient (Wildman–Crippen LogP) is 3.87. The van der Waals surface area contributed by atoms with Gasteiger partial charge in [-0.25, -0.2) is 0 Å². The standard InChI is InChI=1S/C17H18N4O2/c1-9-6-7-14(8-15(9)21(22)23)20-12(4)16-10(2)18-19-11(3)17(16)13(20)5/h6-8H,1-5H3. The highest BCUT2D eigenvalue weighted by molar-refractivity contribution is 5.92. The number of benzene rings is 1. The highest BCUT2D eigenvalue weighted by Gasteiger charge is 2.19. The van der Waals surface area contributed by atoms with Crippen LogP contribution < -0.4 is 0 Å². The highest BCUT2D eigenvalue weighted by Crippen LogP contribution is 2.32. The van der Waals surface area contributed by atoms with Gasteiger partial charge in [0.15, 0.2) is 0 Å². The van der Waals surface area contributed by atoms with Gasteiger partial charge in [-0.1, -0.05) is 6.07 Å². The lowest BCUT2D eigenvalue weighted by Gasteiger charge is -2.10. The molecule has 2 aromatic heterocycles. The number of hydrogen-bond donors (Lipinski definition) is 0. The topological polar surface area (TPSA) is 73.8 Å². The van der Waals surface area contributed by atoms with Crippen LogP contribution in [-0.2, 0) is 0 Å². The number of aromatic nitrogens is 3. The second-order valence-electron chi connectivity index (χ2n) is 5.85. The zero-order valence-corrected chi connectivity index (χ0v) is 13.8. The van der Waals surface area contributed by atoms with Gasteiger partial charge in [-0.05, 0) is 40.7 Å². The molecule has 0 radical (unpaired) electrons. The van der Waals surface area contributed by atoms with Crippen molar-refractivity contribution in [1.29, 1.82) is 0 Å². The molecule has 0 amide bonds. The van der Waals surface area contributed by atoms with Crippen molar-refractivity contribution >= 4 is 16.5 Å². The van der Waals surface area contributed by atoms with Crippen molar-refractivity contribution in [3.8, 4) is 5.69 Å². The van der Waals surface area contributed by atoms with Gasteiger partial charge in [-0.15, -0.1) is 0 Å².